The summed E-state index contributed by atoms with van der Waals surface area (Å²) in [4.78, 5) is 17.1. The molecule has 5 nitrogen and oxygen atoms in total. The van der Waals surface area contributed by atoms with Crippen molar-refractivity contribution >= 4 is 38.9 Å². The molecule has 0 spiro atoms. The maximum absolute atomic E-state index is 4.94. The van der Waals surface area contributed by atoms with E-state index < -0.39 is 0 Å². The largest absolute Gasteiger partial charge is 0.311 e. The van der Waals surface area contributed by atoms with Gasteiger partial charge in [0.1, 0.15) is 0 Å². The van der Waals surface area contributed by atoms with Gasteiger partial charge in [0, 0.05) is 50.2 Å². The topological polar surface area (TPSA) is 46.8 Å². The van der Waals surface area contributed by atoms with Crippen LogP contribution >= 0.6 is 0 Å². The lowest BCUT2D eigenvalue weighted by Crippen LogP contribution is -2.09. The molecule has 0 saturated carbocycles. The molecule has 0 amide bonds. The van der Waals surface area contributed by atoms with Crippen molar-refractivity contribution in [3.05, 3.63) is 261 Å². The van der Waals surface area contributed by atoms with Gasteiger partial charge in [-0.2, -0.15) is 0 Å². The van der Waals surface area contributed by atoms with Crippen LogP contribution in [0.15, 0.2) is 261 Å². The molecular weight excluding hydrogens is 827 g/mol. The van der Waals surface area contributed by atoms with Gasteiger partial charge in [0.25, 0.3) is 0 Å². The summed E-state index contributed by atoms with van der Waals surface area (Å²) in [6.07, 6.45) is 0. The van der Waals surface area contributed by atoms with Crippen LogP contribution in [0.4, 0.5) is 17.1 Å². The molecule has 0 aliphatic rings. The van der Waals surface area contributed by atoms with Gasteiger partial charge in [0.05, 0.1) is 11.0 Å². The van der Waals surface area contributed by atoms with Crippen LogP contribution in [0.5, 0.6) is 0 Å². The van der Waals surface area contributed by atoms with Crippen LogP contribution < -0.4 is 4.90 Å². The summed E-state index contributed by atoms with van der Waals surface area (Å²) in [7, 11) is 0. The molecule has 0 atom stereocenters. The summed E-state index contributed by atoms with van der Waals surface area (Å²) in [5, 5.41) is 2.48. The fourth-order valence-electron chi connectivity index (χ4n) is 9.24. The van der Waals surface area contributed by atoms with Crippen molar-refractivity contribution in [2.75, 3.05) is 4.90 Å². The first-order chi connectivity index (χ1) is 33.7. The lowest BCUT2D eigenvalue weighted by Gasteiger charge is -2.26. The number of fused-ring (bicyclic) bond motifs is 3. The molecular formula is C63H43N5. The Bertz CT molecular complexity index is 3610. The molecule has 0 saturated heterocycles. The third kappa shape index (κ3) is 7.78. The normalized spacial score (nSPS) is 11.2. The Balaban J connectivity index is 0.870. The van der Waals surface area contributed by atoms with Crippen LogP contribution in [0.1, 0.15) is 0 Å². The van der Waals surface area contributed by atoms with E-state index in [1.807, 2.05) is 60.7 Å². The van der Waals surface area contributed by atoms with Crippen LogP contribution in [-0.2, 0) is 0 Å². The molecule has 12 rings (SSSR count). The smallest absolute Gasteiger partial charge is 0.164 e. The van der Waals surface area contributed by atoms with Crippen molar-refractivity contribution < 1.29 is 0 Å². The molecule has 0 radical (unpaired) electrons. The minimum absolute atomic E-state index is 0.635. The van der Waals surface area contributed by atoms with E-state index >= 15 is 0 Å². The molecule has 0 unspecified atom stereocenters. The molecule has 0 N–H and O–H groups in total. The molecule has 10 aromatic carbocycles. The molecule has 2 aromatic heterocycles. The lowest BCUT2D eigenvalue weighted by molar-refractivity contribution is 1.07. The van der Waals surface area contributed by atoms with Crippen LogP contribution in [0, 0.1) is 0 Å². The monoisotopic (exact) mass is 869 g/mol. The van der Waals surface area contributed by atoms with Gasteiger partial charge in [-0.25, -0.2) is 15.0 Å². The first-order valence-corrected chi connectivity index (χ1v) is 22.9. The Kier molecular flexibility index (Phi) is 10.5. The summed E-state index contributed by atoms with van der Waals surface area (Å²) in [5.41, 5.74) is 16.5. The van der Waals surface area contributed by atoms with Crippen LogP contribution in [-0.4, -0.2) is 19.5 Å². The minimum atomic E-state index is 0.635. The Labute approximate surface area is 395 Å². The van der Waals surface area contributed by atoms with Crippen molar-refractivity contribution in [3.8, 4) is 73.2 Å². The highest BCUT2D eigenvalue weighted by molar-refractivity contribution is 6.10. The molecule has 0 fully saturated rings. The predicted molar refractivity (Wildman–Crippen MR) is 281 cm³/mol. The quantitative estimate of drug-likeness (QED) is 0.137. The predicted octanol–water partition coefficient (Wildman–Crippen LogP) is 16.4. The fourth-order valence-corrected chi connectivity index (χ4v) is 9.24. The second kappa shape index (κ2) is 17.7. The van der Waals surface area contributed by atoms with E-state index in [-0.39, 0.29) is 0 Å². The fraction of sp³-hybridized carbons (Fsp3) is 0. The molecule has 0 aliphatic carbocycles. The maximum atomic E-state index is 4.94. The number of benzene rings is 10. The van der Waals surface area contributed by atoms with Gasteiger partial charge in [-0.1, -0.05) is 194 Å². The zero-order valence-corrected chi connectivity index (χ0v) is 37.1. The Morgan fingerprint density at radius 3 is 1.06 bits per heavy atom. The van der Waals surface area contributed by atoms with E-state index in [1.165, 1.54) is 38.5 Å². The third-order valence-electron chi connectivity index (χ3n) is 12.7. The van der Waals surface area contributed by atoms with Gasteiger partial charge in [0.2, 0.25) is 0 Å². The van der Waals surface area contributed by atoms with E-state index in [1.54, 1.807) is 0 Å². The molecule has 68 heavy (non-hydrogen) atoms. The van der Waals surface area contributed by atoms with E-state index in [2.05, 4.69) is 210 Å². The number of para-hydroxylation sites is 2. The molecule has 12 aromatic rings. The number of aromatic nitrogens is 4. The second-order valence-electron chi connectivity index (χ2n) is 16.9. The molecule has 0 aliphatic heterocycles. The highest BCUT2D eigenvalue weighted by Gasteiger charge is 2.17. The average molecular weight is 870 g/mol. The van der Waals surface area contributed by atoms with Crippen molar-refractivity contribution in [1.29, 1.82) is 0 Å². The maximum Gasteiger partial charge on any atom is 0.164 e. The van der Waals surface area contributed by atoms with Crippen LogP contribution in [0.3, 0.4) is 0 Å². The number of hydrogen-bond donors (Lipinski definition) is 0. The summed E-state index contributed by atoms with van der Waals surface area (Å²) in [5.74, 6) is 1.93. The molecule has 320 valence electrons. The van der Waals surface area contributed by atoms with E-state index in [0.717, 1.165) is 56.1 Å². The van der Waals surface area contributed by atoms with Gasteiger partial charge >= 0.3 is 0 Å². The van der Waals surface area contributed by atoms with Crippen LogP contribution in [0.25, 0.3) is 95.0 Å². The van der Waals surface area contributed by atoms with Crippen molar-refractivity contribution in [2.45, 2.75) is 0 Å². The lowest BCUT2D eigenvalue weighted by atomic mass is 10.0. The highest BCUT2D eigenvalue weighted by Crippen LogP contribution is 2.40. The van der Waals surface area contributed by atoms with Gasteiger partial charge < -0.3 is 9.47 Å². The summed E-state index contributed by atoms with van der Waals surface area (Å²) < 4.78 is 2.36. The second-order valence-corrected chi connectivity index (χ2v) is 16.9. The van der Waals surface area contributed by atoms with E-state index in [9.17, 15) is 0 Å². The first kappa shape index (κ1) is 40.3. The average Bonchev–Trinajstić information content (AvgIpc) is 3.76. The molecule has 2 heterocycles. The number of rotatable bonds is 10. The number of anilines is 3. The standard InChI is InChI=1S/C63H43N5/c1-5-15-44(16-6-1)46-29-36-54(37-30-46)67(56-40-33-48(34-41-56)52-35-42-60-58(43-52)57-23-13-14-24-59(57)68(60)53-21-11-4-12-22-53)55-38-31-47(32-39-55)45-25-27-51(28-26-45)63-65-61(49-17-7-2-8-18-49)64-62(66-63)50-19-9-3-10-20-50/h1-43H. The third-order valence-corrected chi connectivity index (χ3v) is 12.7. The van der Waals surface area contributed by atoms with Crippen molar-refractivity contribution in [1.82, 2.24) is 19.5 Å². The minimum Gasteiger partial charge on any atom is -0.311 e. The van der Waals surface area contributed by atoms with Crippen LogP contribution in [0.2, 0.25) is 0 Å². The summed E-state index contributed by atoms with van der Waals surface area (Å²) in [6.45, 7) is 0. The van der Waals surface area contributed by atoms with Gasteiger partial charge in [0.15, 0.2) is 17.5 Å². The van der Waals surface area contributed by atoms with E-state index in [0.29, 0.717) is 17.5 Å². The Morgan fingerprint density at radius 2 is 0.574 bits per heavy atom. The number of nitrogens with zero attached hydrogens (tertiary/aromatic N) is 5. The Morgan fingerprint density at radius 1 is 0.250 bits per heavy atom. The Hall–Kier alpha value is -9.19. The first-order valence-electron chi connectivity index (χ1n) is 22.9. The summed E-state index contributed by atoms with van der Waals surface area (Å²) >= 11 is 0. The van der Waals surface area contributed by atoms with Gasteiger partial charge in [-0.05, 0) is 100 Å². The molecule has 0 bridgehead atoms. The van der Waals surface area contributed by atoms with Crippen molar-refractivity contribution in [2.24, 2.45) is 0 Å². The van der Waals surface area contributed by atoms with Gasteiger partial charge in [-0.3, -0.25) is 0 Å². The number of hydrogen-bond acceptors (Lipinski definition) is 4. The van der Waals surface area contributed by atoms with Crippen molar-refractivity contribution in [3.63, 3.8) is 0 Å². The zero-order chi connectivity index (χ0) is 45.2. The SMILES string of the molecule is c1ccc(-c2ccc(N(c3ccc(-c4ccc(-c5nc(-c6ccccc6)nc(-c6ccccc6)n5)cc4)cc3)c3ccc(-c4ccc5c(c4)c4ccccc4n5-c4ccccc4)cc3)cc2)cc1. The van der Waals surface area contributed by atoms with E-state index in [4.69, 9.17) is 15.0 Å². The van der Waals surface area contributed by atoms with Gasteiger partial charge in [-0.15, -0.1) is 0 Å². The summed E-state index contributed by atoms with van der Waals surface area (Å²) in [6, 6.07) is 92.0. The highest BCUT2D eigenvalue weighted by atomic mass is 15.1. The molecule has 5 heteroatoms. The zero-order valence-electron chi connectivity index (χ0n) is 37.1.